The largest absolute Gasteiger partial charge is 0.481 e. The van der Waals surface area contributed by atoms with Gasteiger partial charge in [-0.15, -0.1) is 0 Å². The molecule has 34 heavy (non-hydrogen) atoms. The van der Waals surface area contributed by atoms with E-state index in [1.807, 2.05) is 24.3 Å². The number of carboxylic acids is 1. The first-order chi connectivity index (χ1) is 16.2. The van der Waals surface area contributed by atoms with Crippen LogP contribution in [0.2, 0.25) is 0 Å². The van der Waals surface area contributed by atoms with E-state index in [-0.39, 0.29) is 18.4 Å². The summed E-state index contributed by atoms with van der Waals surface area (Å²) in [6.45, 7) is 6.32. The van der Waals surface area contributed by atoms with Crippen molar-refractivity contribution in [3.05, 3.63) is 59.7 Å². The average molecular weight is 465 g/mol. The van der Waals surface area contributed by atoms with Crippen molar-refractivity contribution in [3.8, 4) is 11.1 Å². The van der Waals surface area contributed by atoms with Gasteiger partial charge in [0.15, 0.2) is 0 Å². The number of fused-ring (bicyclic) bond motifs is 3. The Bertz CT molecular complexity index is 1040. The minimum atomic E-state index is -0.821. The maximum absolute atomic E-state index is 12.9. The number of carbonyl (C=O) groups is 3. The molecule has 2 amide bonds. The first-order valence-electron chi connectivity index (χ1n) is 11.8. The Labute approximate surface area is 200 Å². The van der Waals surface area contributed by atoms with Crippen LogP contribution >= 0.6 is 0 Å². The second-order valence-electron chi connectivity index (χ2n) is 9.74. The van der Waals surface area contributed by atoms with Crippen LogP contribution < -0.4 is 5.32 Å². The molecule has 0 bridgehead atoms. The normalized spacial score (nSPS) is 18.4. The number of piperidine rings is 1. The molecule has 180 valence electrons. The number of benzene rings is 2. The molecule has 0 radical (unpaired) electrons. The summed E-state index contributed by atoms with van der Waals surface area (Å²) in [5.41, 5.74) is 3.84. The van der Waals surface area contributed by atoms with Crippen molar-refractivity contribution < 1.29 is 24.2 Å². The summed E-state index contributed by atoms with van der Waals surface area (Å²) in [6.07, 6.45) is 0.301. The van der Waals surface area contributed by atoms with Crippen LogP contribution in [0.25, 0.3) is 11.1 Å². The van der Waals surface area contributed by atoms with Crippen LogP contribution in [-0.2, 0) is 14.3 Å². The first-order valence-corrected chi connectivity index (χ1v) is 11.8. The molecule has 2 unspecified atom stereocenters. The van der Waals surface area contributed by atoms with Gasteiger partial charge in [-0.1, -0.05) is 55.5 Å². The zero-order valence-electron chi connectivity index (χ0n) is 19.9. The van der Waals surface area contributed by atoms with Gasteiger partial charge in [0.05, 0.1) is 11.3 Å². The molecule has 2 aromatic carbocycles. The molecular formula is C27H32N2O5. The number of alkyl carbamates (subject to hydrolysis) is 1. The first kappa shape index (κ1) is 23.8. The highest BCUT2D eigenvalue weighted by atomic mass is 16.5. The maximum atomic E-state index is 12.9. The second-order valence-corrected chi connectivity index (χ2v) is 9.74. The molecule has 0 spiro atoms. The highest BCUT2D eigenvalue weighted by Crippen LogP contribution is 2.44. The van der Waals surface area contributed by atoms with Crippen molar-refractivity contribution in [2.24, 2.45) is 11.3 Å². The number of amides is 2. The van der Waals surface area contributed by atoms with E-state index >= 15 is 0 Å². The Morgan fingerprint density at radius 2 is 1.56 bits per heavy atom. The fraction of sp³-hybridized carbons (Fsp3) is 0.444. The molecule has 2 aromatic rings. The number of likely N-dealkylation sites (tertiary alicyclic amines) is 1. The standard InChI is InChI=1S/C27H32N2O5/c1-17(24(30)29-14-12-27(3,13-15-29)25(31)32)18(2)28-26(33)34-16-23-21-10-6-4-8-19(21)20-9-5-7-11-22(20)23/h4-11,17-18,23H,12-16H2,1-3H3,(H,28,33)(H,31,32). The Kier molecular flexibility index (Phi) is 6.64. The molecular weight excluding hydrogens is 432 g/mol. The van der Waals surface area contributed by atoms with Crippen molar-refractivity contribution in [3.63, 3.8) is 0 Å². The van der Waals surface area contributed by atoms with Crippen LogP contribution in [0.15, 0.2) is 48.5 Å². The molecule has 1 heterocycles. The van der Waals surface area contributed by atoms with Gasteiger partial charge in [-0.3, -0.25) is 9.59 Å². The quantitative estimate of drug-likeness (QED) is 0.666. The van der Waals surface area contributed by atoms with Gasteiger partial charge < -0.3 is 20.1 Å². The molecule has 1 fully saturated rings. The Morgan fingerprint density at radius 3 is 2.09 bits per heavy atom. The van der Waals surface area contributed by atoms with Crippen LogP contribution in [0.3, 0.4) is 0 Å². The van der Waals surface area contributed by atoms with Gasteiger partial charge in [-0.05, 0) is 48.9 Å². The molecule has 2 N–H and O–H groups in total. The summed E-state index contributed by atoms with van der Waals surface area (Å²) in [4.78, 5) is 38.6. The van der Waals surface area contributed by atoms with E-state index < -0.39 is 29.4 Å². The SMILES string of the molecule is CC(NC(=O)OCC1c2ccccc2-c2ccccc21)C(C)C(=O)N1CCC(C)(C(=O)O)CC1. The number of nitrogens with one attached hydrogen (secondary N) is 1. The maximum Gasteiger partial charge on any atom is 0.407 e. The Hall–Kier alpha value is -3.35. The van der Waals surface area contributed by atoms with E-state index in [4.69, 9.17) is 4.74 Å². The van der Waals surface area contributed by atoms with Crippen molar-refractivity contribution >= 4 is 18.0 Å². The van der Waals surface area contributed by atoms with Crippen molar-refractivity contribution in [2.75, 3.05) is 19.7 Å². The molecule has 0 aromatic heterocycles. The number of rotatable bonds is 6. The number of nitrogens with zero attached hydrogens (tertiary/aromatic N) is 1. The van der Waals surface area contributed by atoms with Crippen LogP contribution in [0.1, 0.15) is 50.7 Å². The number of hydrogen-bond donors (Lipinski definition) is 2. The molecule has 1 aliphatic heterocycles. The van der Waals surface area contributed by atoms with E-state index in [9.17, 15) is 19.5 Å². The highest BCUT2D eigenvalue weighted by Gasteiger charge is 2.39. The van der Waals surface area contributed by atoms with E-state index in [0.717, 1.165) is 11.1 Å². The number of hydrogen-bond acceptors (Lipinski definition) is 4. The molecule has 0 saturated carbocycles. The van der Waals surface area contributed by atoms with E-state index in [0.29, 0.717) is 25.9 Å². The summed E-state index contributed by atoms with van der Waals surface area (Å²) in [5, 5.41) is 12.2. The van der Waals surface area contributed by atoms with Gasteiger partial charge in [0, 0.05) is 25.0 Å². The van der Waals surface area contributed by atoms with Gasteiger partial charge in [-0.25, -0.2) is 4.79 Å². The molecule has 4 rings (SSSR count). The summed E-state index contributed by atoms with van der Waals surface area (Å²) >= 11 is 0. The van der Waals surface area contributed by atoms with Crippen molar-refractivity contribution in [1.82, 2.24) is 10.2 Å². The molecule has 2 atom stereocenters. The molecule has 1 saturated heterocycles. The number of ether oxygens (including phenoxy) is 1. The zero-order chi connectivity index (χ0) is 24.5. The van der Waals surface area contributed by atoms with Gasteiger partial charge in [0.25, 0.3) is 0 Å². The lowest BCUT2D eigenvalue weighted by Crippen LogP contribution is -2.50. The predicted octanol–water partition coefficient (Wildman–Crippen LogP) is 4.26. The third kappa shape index (κ3) is 4.52. The highest BCUT2D eigenvalue weighted by molar-refractivity contribution is 5.81. The van der Waals surface area contributed by atoms with Gasteiger partial charge >= 0.3 is 12.1 Å². The summed E-state index contributed by atoms with van der Waals surface area (Å²) < 4.78 is 5.60. The molecule has 7 nitrogen and oxygen atoms in total. The Morgan fingerprint density at radius 1 is 1.03 bits per heavy atom. The minimum absolute atomic E-state index is 0.0237. The predicted molar refractivity (Wildman–Crippen MR) is 128 cm³/mol. The zero-order valence-corrected chi connectivity index (χ0v) is 19.9. The van der Waals surface area contributed by atoms with Gasteiger partial charge in [0.2, 0.25) is 5.91 Å². The van der Waals surface area contributed by atoms with Crippen molar-refractivity contribution in [1.29, 1.82) is 0 Å². The van der Waals surface area contributed by atoms with Crippen LogP contribution in [-0.4, -0.2) is 53.7 Å². The lowest BCUT2D eigenvalue weighted by atomic mass is 9.80. The smallest absolute Gasteiger partial charge is 0.407 e. The third-order valence-corrected chi connectivity index (χ3v) is 7.52. The molecule has 7 heteroatoms. The lowest BCUT2D eigenvalue weighted by Gasteiger charge is -2.38. The number of aliphatic carboxylic acids is 1. The fourth-order valence-corrected chi connectivity index (χ4v) is 4.89. The average Bonchev–Trinajstić information content (AvgIpc) is 3.16. The van der Waals surface area contributed by atoms with Crippen LogP contribution in [0, 0.1) is 11.3 Å². The van der Waals surface area contributed by atoms with Crippen LogP contribution in [0.5, 0.6) is 0 Å². The number of carbonyl (C=O) groups excluding carboxylic acids is 2. The minimum Gasteiger partial charge on any atom is -0.481 e. The Balaban J connectivity index is 1.31. The molecule has 1 aliphatic carbocycles. The second kappa shape index (κ2) is 9.49. The van der Waals surface area contributed by atoms with Gasteiger partial charge in [0.1, 0.15) is 6.61 Å². The lowest BCUT2D eigenvalue weighted by molar-refractivity contribution is -0.153. The van der Waals surface area contributed by atoms with E-state index in [1.54, 1.807) is 25.7 Å². The van der Waals surface area contributed by atoms with E-state index in [2.05, 4.69) is 29.6 Å². The van der Waals surface area contributed by atoms with E-state index in [1.165, 1.54) is 11.1 Å². The summed E-state index contributed by atoms with van der Waals surface area (Å²) in [5.74, 6) is -1.38. The third-order valence-electron chi connectivity index (χ3n) is 7.52. The van der Waals surface area contributed by atoms with Crippen LogP contribution in [0.4, 0.5) is 4.79 Å². The topological polar surface area (TPSA) is 95.9 Å². The summed E-state index contributed by atoms with van der Waals surface area (Å²) in [6, 6.07) is 15.9. The van der Waals surface area contributed by atoms with Crippen molar-refractivity contribution in [2.45, 2.75) is 45.6 Å². The number of carboxylic acid groups (broad SMARTS) is 1. The van der Waals surface area contributed by atoms with Gasteiger partial charge in [-0.2, -0.15) is 0 Å². The monoisotopic (exact) mass is 464 g/mol. The summed E-state index contributed by atoms with van der Waals surface area (Å²) in [7, 11) is 0. The fourth-order valence-electron chi connectivity index (χ4n) is 4.89. The molecule has 2 aliphatic rings.